The first-order chi connectivity index (χ1) is 10.1. The van der Waals surface area contributed by atoms with E-state index in [2.05, 4.69) is 15.3 Å². The van der Waals surface area contributed by atoms with E-state index in [4.69, 9.17) is 5.73 Å². The highest BCUT2D eigenvalue weighted by Crippen LogP contribution is 2.15. The van der Waals surface area contributed by atoms with Crippen LogP contribution in [0, 0.1) is 0 Å². The van der Waals surface area contributed by atoms with Crippen molar-refractivity contribution in [2.75, 3.05) is 5.32 Å². The minimum atomic E-state index is -0.515. The Morgan fingerprint density at radius 1 is 1.14 bits per heavy atom. The van der Waals surface area contributed by atoms with Gasteiger partial charge in [-0.05, 0) is 30.3 Å². The number of nitrogens with one attached hydrogen (secondary N) is 2. The van der Waals surface area contributed by atoms with Crippen LogP contribution >= 0.6 is 0 Å². The van der Waals surface area contributed by atoms with Gasteiger partial charge in [-0.2, -0.15) is 0 Å². The molecule has 0 aliphatic heterocycles. The molecule has 2 aromatic carbocycles. The van der Waals surface area contributed by atoms with Gasteiger partial charge in [0.2, 0.25) is 11.9 Å². The van der Waals surface area contributed by atoms with Crippen LogP contribution in [0.25, 0.3) is 10.9 Å². The van der Waals surface area contributed by atoms with Crippen molar-refractivity contribution in [1.29, 1.82) is 0 Å². The highest BCUT2D eigenvalue weighted by Gasteiger charge is 2.05. The predicted molar refractivity (Wildman–Crippen MR) is 80.6 cm³/mol. The second-order valence-electron chi connectivity index (χ2n) is 4.50. The summed E-state index contributed by atoms with van der Waals surface area (Å²) in [5.74, 6) is -0.209. The fourth-order valence-corrected chi connectivity index (χ4v) is 2.03. The number of hydrogen-bond donors (Lipinski definition) is 3. The summed E-state index contributed by atoms with van der Waals surface area (Å²) in [6.07, 6.45) is 0. The molecule has 3 rings (SSSR count). The molecule has 0 fully saturated rings. The van der Waals surface area contributed by atoms with Crippen LogP contribution < -0.4 is 16.6 Å². The summed E-state index contributed by atoms with van der Waals surface area (Å²) in [6.45, 7) is 0. The summed E-state index contributed by atoms with van der Waals surface area (Å²) < 4.78 is 0. The minimum Gasteiger partial charge on any atom is -0.366 e. The summed E-state index contributed by atoms with van der Waals surface area (Å²) in [5, 5.41) is 3.48. The van der Waals surface area contributed by atoms with E-state index >= 15 is 0 Å². The number of carbonyl (C=O) groups excluding carboxylic acids is 1. The van der Waals surface area contributed by atoms with Crippen LogP contribution in [0.2, 0.25) is 0 Å². The van der Waals surface area contributed by atoms with Crippen LogP contribution in [0.4, 0.5) is 11.6 Å². The van der Waals surface area contributed by atoms with Crippen LogP contribution in [0.3, 0.4) is 0 Å². The average Bonchev–Trinajstić information content (AvgIpc) is 2.47. The minimum absolute atomic E-state index is 0.228. The number of nitrogens with two attached hydrogens (primary N) is 1. The molecule has 104 valence electrons. The number of primary amides is 1. The molecular weight excluding hydrogens is 268 g/mol. The second-order valence-corrected chi connectivity index (χ2v) is 4.50. The number of H-pyrrole nitrogens is 1. The molecule has 0 aliphatic rings. The van der Waals surface area contributed by atoms with Gasteiger partial charge in [0, 0.05) is 11.3 Å². The van der Waals surface area contributed by atoms with Crippen LogP contribution in [0.5, 0.6) is 0 Å². The van der Waals surface area contributed by atoms with Crippen molar-refractivity contribution in [3.05, 3.63) is 64.4 Å². The molecule has 1 amide bonds. The Bertz CT molecular complexity index is 886. The topological polar surface area (TPSA) is 101 Å². The number of nitrogens with zero attached hydrogens (tertiary/aromatic N) is 1. The first-order valence-corrected chi connectivity index (χ1v) is 6.29. The molecule has 1 aromatic heterocycles. The molecule has 1 heterocycles. The van der Waals surface area contributed by atoms with Gasteiger partial charge >= 0.3 is 0 Å². The van der Waals surface area contributed by atoms with Crippen molar-refractivity contribution < 1.29 is 4.79 Å². The van der Waals surface area contributed by atoms with E-state index in [-0.39, 0.29) is 5.56 Å². The molecule has 0 aliphatic carbocycles. The maximum atomic E-state index is 12.0. The van der Waals surface area contributed by atoms with E-state index in [9.17, 15) is 9.59 Å². The van der Waals surface area contributed by atoms with E-state index in [1.54, 1.807) is 42.5 Å². The van der Waals surface area contributed by atoms with E-state index < -0.39 is 5.91 Å². The van der Waals surface area contributed by atoms with E-state index in [0.29, 0.717) is 28.1 Å². The van der Waals surface area contributed by atoms with Gasteiger partial charge in [-0.25, -0.2) is 4.98 Å². The van der Waals surface area contributed by atoms with Gasteiger partial charge in [-0.3, -0.25) is 14.6 Å². The Morgan fingerprint density at radius 3 is 2.76 bits per heavy atom. The Hall–Kier alpha value is -3.15. The van der Waals surface area contributed by atoms with Crippen molar-refractivity contribution in [2.45, 2.75) is 0 Å². The average molecular weight is 280 g/mol. The molecule has 0 saturated heterocycles. The van der Waals surface area contributed by atoms with Crippen LogP contribution in [0.15, 0.2) is 53.3 Å². The normalized spacial score (nSPS) is 10.5. The molecule has 0 saturated carbocycles. The number of aromatic amines is 1. The van der Waals surface area contributed by atoms with Crippen LogP contribution in [-0.2, 0) is 0 Å². The number of carbonyl (C=O) groups is 1. The highest BCUT2D eigenvalue weighted by atomic mass is 16.1. The number of rotatable bonds is 3. The molecule has 0 radical (unpaired) electrons. The van der Waals surface area contributed by atoms with E-state index in [0.717, 1.165) is 0 Å². The maximum Gasteiger partial charge on any atom is 0.260 e. The standard InChI is InChI=1S/C15H12N4O2/c16-13(20)9-4-3-5-10(8-9)17-15-18-12-7-2-1-6-11(12)14(21)19-15/h1-8H,(H2,16,20)(H2,17,18,19,21). The fraction of sp³-hybridized carbons (Fsp3) is 0. The number of fused-ring (bicyclic) bond motifs is 1. The predicted octanol–water partition coefficient (Wildman–Crippen LogP) is 1.77. The Morgan fingerprint density at radius 2 is 1.95 bits per heavy atom. The van der Waals surface area contributed by atoms with Gasteiger partial charge in [0.1, 0.15) is 0 Å². The van der Waals surface area contributed by atoms with Crippen molar-refractivity contribution in [1.82, 2.24) is 9.97 Å². The van der Waals surface area contributed by atoms with Crippen molar-refractivity contribution in [3.8, 4) is 0 Å². The van der Waals surface area contributed by atoms with Gasteiger partial charge in [0.15, 0.2) is 0 Å². The third-order valence-corrected chi connectivity index (χ3v) is 3.02. The first-order valence-electron chi connectivity index (χ1n) is 6.29. The van der Waals surface area contributed by atoms with Gasteiger partial charge in [0.05, 0.1) is 10.9 Å². The summed E-state index contributed by atoms with van der Waals surface area (Å²) in [7, 11) is 0. The number of amides is 1. The zero-order chi connectivity index (χ0) is 14.8. The van der Waals surface area contributed by atoms with Gasteiger partial charge in [0.25, 0.3) is 5.56 Å². The number of para-hydroxylation sites is 1. The molecule has 4 N–H and O–H groups in total. The molecule has 0 atom stereocenters. The number of aromatic nitrogens is 2. The van der Waals surface area contributed by atoms with E-state index in [1.807, 2.05) is 6.07 Å². The number of benzene rings is 2. The number of hydrogen-bond acceptors (Lipinski definition) is 4. The molecule has 21 heavy (non-hydrogen) atoms. The van der Waals surface area contributed by atoms with Crippen molar-refractivity contribution in [2.24, 2.45) is 5.73 Å². The van der Waals surface area contributed by atoms with Crippen LogP contribution in [-0.4, -0.2) is 15.9 Å². The van der Waals surface area contributed by atoms with E-state index in [1.165, 1.54) is 0 Å². The summed E-state index contributed by atoms with van der Waals surface area (Å²) in [4.78, 5) is 30.1. The maximum absolute atomic E-state index is 12.0. The first kappa shape index (κ1) is 12.9. The quantitative estimate of drug-likeness (QED) is 0.680. The molecule has 0 bridgehead atoms. The molecule has 3 aromatic rings. The largest absolute Gasteiger partial charge is 0.366 e. The zero-order valence-electron chi connectivity index (χ0n) is 11.0. The van der Waals surface area contributed by atoms with Crippen molar-refractivity contribution >= 4 is 28.4 Å². The third kappa shape index (κ3) is 2.59. The lowest BCUT2D eigenvalue weighted by Crippen LogP contribution is -2.12. The molecule has 0 spiro atoms. The SMILES string of the molecule is NC(=O)c1cccc(Nc2nc3ccccc3c(=O)[nH]2)c1. The summed E-state index contributed by atoms with van der Waals surface area (Å²) in [6, 6.07) is 13.7. The lowest BCUT2D eigenvalue weighted by atomic mass is 10.2. The fourth-order valence-electron chi connectivity index (χ4n) is 2.03. The Labute approximate surface area is 119 Å². The molecular formula is C15H12N4O2. The third-order valence-electron chi connectivity index (χ3n) is 3.02. The zero-order valence-corrected chi connectivity index (χ0v) is 11.0. The summed E-state index contributed by atoms with van der Waals surface area (Å²) >= 11 is 0. The second kappa shape index (κ2) is 5.09. The van der Waals surface area contributed by atoms with Crippen LogP contribution in [0.1, 0.15) is 10.4 Å². The lowest BCUT2D eigenvalue weighted by molar-refractivity contribution is 0.100. The highest BCUT2D eigenvalue weighted by molar-refractivity contribution is 5.93. The lowest BCUT2D eigenvalue weighted by Gasteiger charge is -2.07. The Balaban J connectivity index is 2.00. The van der Waals surface area contributed by atoms with Gasteiger partial charge < -0.3 is 11.1 Å². The smallest absolute Gasteiger partial charge is 0.260 e. The molecule has 0 unspecified atom stereocenters. The number of anilines is 2. The Kier molecular flexibility index (Phi) is 3.12. The van der Waals surface area contributed by atoms with Crippen molar-refractivity contribution in [3.63, 3.8) is 0 Å². The monoisotopic (exact) mass is 280 g/mol. The van der Waals surface area contributed by atoms with Gasteiger partial charge in [-0.1, -0.05) is 18.2 Å². The molecule has 6 nitrogen and oxygen atoms in total. The summed E-state index contributed by atoms with van der Waals surface area (Å²) in [5.41, 5.74) is 6.59. The van der Waals surface area contributed by atoms with Gasteiger partial charge in [-0.15, -0.1) is 0 Å². The molecule has 6 heteroatoms.